The highest BCUT2D eigenvalue weighted by Crippen LogP contribution is 2.33. The summed E-state index contributed by atoms with van der Waals surface area (Å²) in [6.45, 7) is 8.99. The predicted octanol–water partition coefficient (Wildman–Crippen LogP) is 3.79. The first-order valence-electron chi connectivity index (χ1n) is 5.83. The zero-order valence-electron chi connectivity index (χ0n) is 10.3. The van der Waals surface area contributed by atoms with E-state index in [2.05, 4.69) is 14.8 Å². The van der Waals surface area contributed by atoms with Crippen LogP contribution >= 0.6 is 0 Å². The minimum atomic E-state index is 0.245. The molecular weight excluding hydrogens is 238 g/mol. The molecule has 0 atom stereocenters. The van der Waals surface area contributed by atoms with Crippen molar-refractivity contribution in [1.82, 2.24) is 9.97 Å². The number of nitrogens with zero attached hydrogens (tertiary/aromatic N) is 2. The Hall–Kier alpha value is -2.80. The van der Waals surface area contributed by atoms with Crippen molar-refractivity contribution in [2.75, 3.05) is 0 Å². The largest absolute Gasteiger partial charge is 0.508 e. The number of H-pyrrole nitrogens is 1. The van der Waals surface area contributed by atoms with Gasteiger partial charge in [-0.3, -0.25) is 0 Å². The molecule has 1 aromatic heterocycles. The Kier molecular flexibility index (Phi) is 2.46. The number of aryl methyl sites for hydroxylation is 1. The minimum absolute atomic E-state index is 0.245. The van der Waals surface area contributed by atoms with E-state index in [9.17, 15) is 5.11 Å². The van der Waals surface area contributed by atoms with E-state index in [1.54, 1.807) is 24.5 Å². The van der Waals surface area contributed by atoms with Crippen LogP contribution in [-0.4, -0.2) is 15.1 Å². The molecule has 0 aliphatic carbocycles. The first kappa shape index (κ1) is 11.3. The van der Waals surface area contributed by atoms with Gasteiger partial charge < -0.3 is 10.1 Å². The van der Waals surface area contributed by atoms with Gasteiger partial charge in [0.1, 0.15) is 5.75 Å². The molecule has 3 aromatic rings. The second-order valence-corrected chi connectivity index (χ2v) is 4.41. The van der Waals surface area contributed by atoms with E-state index in [1.165, 1.54) is 0 Å². The number of hydrogen-bond donors (Lipinski definition) is 2. The van der Waals surface area contributed by atoms with Crippen LogP contribution in [0.3, 0.4) is 0 Å². The lowest BCUT2D eigenvalue weighted by molar-refractivity contribution is 0.471. The van der Waals surface area contributed by atoms with Gasteiger partial charge in [-0.05, 0) is 41.8 Å². The summed E-state index contributed by atoms with van der Waals surface area (Å²) in [4.78, 5) is 10.8. The van der Waals surface area contributed by atoms with Crippen molar-refractivity contribution in [1.29, 1.82) is 0 Å². The van der Waals surface area contributed by atoms with Gasteiger partial charge in [-0.25, -0.2) is 9.83 Å². The fourth-order valence-electron chi connectivity index (χ4n) is 2.10. The monoisotopic (exact) mass is 249 g/mol. The summed E-state index contributed by atoms with van der Waals surface area (Å²) in [7, 11) is 0. The van der Waals surface area contributed by atoms with E-state index in [1.807, 2.05) is 19.1 Å². The number of imidazole rings is 1. The van der Waals surface area contributed by atoms with Crippen LogP contribution in [0.15, 0.2) is 36.7 Å². The highest BCUT2D eigenvalue weighted by atomic mass is 16.3. The van der Waals surface area contributed by atoms with Gasteiger partial charge >= 0.3 is 0 Å². The molecule has 0 saturated carbocycles. The van der Waals surface area contributed by atoms with Gasteiger partial charge in [0.05, 0.1) is 23.9 Å². The van der Waals surface area contributed by atoms with Crippen LogP contribution < -0.4 is 0 Å². The average Bonchev–Trinajstić information content (AvgIpc) is 2.89. The van der Waals surface area contributed by atoms with Crippen LogP contribution in [0.1, 0.15) is 5.56 Å². The summed E-state index contributed by atoms with van der Waals surface area (Å²) >= 11 is 0. The van der Waals surface area contributed by atoms with E-state index in [4.69, 9.17) is 6.57 Å². The van der Waals surface area contributed by atoms with Crippen molar-refractivity contribution in [2.24, 2.45) is 0 Å². The van der Waals surface area contributed by atoms with Crippen molar-refractivity contribution in [3.8, 4) is 16.9 Å². The second kappa shape index (κ2) is 4.14. The van der Waals surface area contributed by atoms with Crippen molar-refractivity contribution >= 4 is 16.7 Å². The normalized spacial score (nSPS) is 10.5. The average molecular weight is 249 g/mol. The Morgan fingerprint density at radius 3 is 2.84 bits per heavy atom. The van der Waals surface area contributed by atoms with E-state index < -0.39 is 0 Å². The minimum Gasteiger partial charge on any atom is -0.508 e. The van der Waals surface area contributed by atoms with Crippen molar-refractivity contribution in [3.05, 3.63) is 53.6 Å². The molecule has 2 aromatic carbocycles. The van der Waals surface area contributed by atoms with Gasteiger partial charge in [-0.15, -0.1) is 0 Å². The molecule has 0 spiro atoms. The Balaban J connectivity index is 2.31. The summed E-state index contributed by atoms with van der Waals surface area (Å²) in [6.07, 6.45) is 1.61. The lowest BCUT2D eigenvalue weighted by Gasteiger charge is -2.06. The smallest absolute Gasteiger partial charge is 0.190 e. The second-order valence-electron chi connectivity index (χ2n) is 4.41. The van der Waals surface area contributed by atoms with Crippen molar-refractivity contribution in [3.63, 3.8) is 0 Å². The van der Waals surface area contributed by atoms with Crippen LogP contribution in [0.25, 0.3) is 27.0 Å². The molecule has 1 heterocycles. The molecule has 4 nitrogen and oxygen atoms in total. The fraction of sp³-hybridized carbons (Fsp3) is 0.0667. The Bertz CT molecular complexity index is 812. The number of nitrogens with one attached hydrogen (secondary N) is 1. The maximum Gasteiger partial charge on any atom is 0.190 e. The zero-order chi connectivity index (χ0) is 13.4. The van der Waals surface area contributed by atoms with Gasteiger partial charge in [0.2, 0.25) is 0 Å². The quantitative estimate of drug-likeness (QED) is 0.644. The molecule has 2 N–H and O–H groups in total. The zero-order valence-corrected chi connectivity index (χ0v) is 10.3. The molecule has 4 heteroatoms. The first-order chi connectivity index (χ1) is 9.19. The summed E-state index contributed by atoms with van der Waals surface area (Å²) in [5.74, 6) is 0.245. The van der Waals surface area contributed by atoms with E-state index in [0.717, 1.165) is 27.7 Å². The van der Waals surface area contributed by atoms with E-state index in [0.29, 0.717) is 5.69 Å². The number of fused-ring (bicyclic) bond motifs is 1. The molecule has 0 aliphatic heterocycles. The van der Waals surface area contributed by atoms with E-state index in [-0.39, 0.29) is 5.75 Å². The molecule has 0 fully saturated rings. The number of aromatic hydroxyl groups is 1. The number of benzene rings is 2. The van der Waals surface area contributed by atoms with Gasteiger partial charge in [0, 0.05) is 0 Å². The van der Waals surface area contributed by atoms with Crippen LogP contribution in [0.2, 0.25) is 0 Å². The number of rotatable bonds is 1. The molecule has 3 rings (SSSR count). The molecule has 92 valence electrons. The number of hydrogen-bond acceptors (Lipinski definition) is 2. The summed E-state index contributed by atoms with van der Waals surface area (Å²) < 4.78 is 0. The number of phenols is 1. The lowest BCUT2D eigenvalue weighted by atomic mass is 10.0. The van der Waals surface area contributed by atoms with Gasteiger partial charge in [0.15, 0.2) is 5.69 Å². The highest BCUT2D eigenvalue weighted by Gasteiger charge is 2.09. The predicted molar refractivity (Wildman–Crippen MR) is 74.2 cm³/mol. The maximum atomic E-state index is 9.82. The first-order valence-corrected chi connectivity index (χ1v) is 5.83. The lowest BCUT2D eigenvalue weighted by Crippen LogP contribution is -1.83. The van der Waals surface area contributed by atoms with Gasteiger partial charge in [0.25, 0.3) is 0 Å². The molecule has 0 amide bonds. The number of aromatic nitrogens is 2. The Morgan fingerprint density at radius 1 is 1.26 bits per heavy atom. The standard InChI is InChI=1S/C15H11N3O/c1-9-3-4-10(5-14(9)19)12-6-11(16-2)7-13-15(12)18-8-17-13/h3-8,19H,1H3,(H,17,18). The topological polar surface area (TPSA) is 53.3 Å². The van der Waals surface area contributed by atoms with Crippen LogP contribution in [0.4, 0.5) is 5.69 Å². The van der Waals surface area contributed by atoms with Crippen molar-refractivity contribution < 1.29 is 5.11 Å². The van der Waals surface area contributed by atoms with Gasteiger partial charge in [-0.2, -0.15) is 0 Å². The van der Waals surface area contributed by atoms with Crippen LogP contribution in [0.5, 0.6) is 5.75 Å². The molecule has 0 saturated heterocycles. The van der Waals surface area contributed by atoms with Gasteiger partial charge in [-0.1, -0.05) is 12.1 Å². The third kappa shape index (κ3) is 1.81. The SMILES string of the molecule is [C-]#[N+]c1cc(-c2ccc(C)c(O)c2)c2nc[nH]c2c1. The summed E-state index contributed by atoms with van der Waals surface area (Å²) in [5.41, 5.74) is 4.69. The summed E-state index contributed by atoms with van der Waals surface area (Å²) in [5, 5.41) is 9.82. The summed E-state index contributed by atoms with van der Waals surface area (Å²) in [6, 6.07) is 9.04. The third-order valence-electron chi connectivity index (χ3n) is 3.16. The number of aromatic amines is 1. The highest BCUT2D eigenvalue weighted by molar-refractivity contribution is 5.95. The van der Waals surface area contributed by atoms with E-state index >= 15 is 0 Å². The third-order valence-corrected chi connectivity index (χ3v) is 3.16. The molecule has 0 aliphatic rings. The van der Waals surface area contributed by atoms with Crippen LogP contribution in [0, 0.1) is 13.5 Å². The molecule has 0 unspecified atom stereocenters. The molecule has 0 bridgehead atoms. The molecule has 0 radical (unpaired) electrons. The fourth-order valence-corrected chi connectivity index (χ4v) is 2.10. The van der Waals surface area contributed by atoms with Crippen molar-refractivity contribution in [2.45, 2.75) is 6.92 Å². The maximum absolute atomic E-state index is 9.82. The molecule has 19 heavy (non-hydrogen) atoms. The number of phenolic OH excluding ortho intramolecular Hbond substituents is 1. The van der Waals surface area contributed by atoms with Crippen LogP contribution in [-0.2, 0) is 0 Å². The molecular formula is C15H11N3O. The Morgan fingerprint density at radius 2 is 2.11 bits per heavy atom. The Labute approximate surface area is 110 Å².